The fourth-order valence-corrected chi connectivity index (χ4v) is 2.56. The molecule has 18 heavy (non-hydrogen) atoms. The normalized spacial score (nSPS) is 14.9. The summed E-state index contributed by atoms with van der Waals surface area (Å²) in [6.07, 6.45) is 3.28. The molecule has 1 heterocycles. The van der Waals surface area contributed by atoms with Gasteiger partial charge >= 0.3 is 0 Å². The molecular weight excluding hydrogens is 249 g/mol. The third-order valence-corrected chi connectivity index (χ3v) is 3.82. The zero-order chi connectivity index (χ0) is 12.4. The SMILES string of the molecule is Fc1ccc(Cc2nnc(CNC3CC3)s2)cc1. The summed E-state index contributed by atoms with van der Waals surface area (Å²) >= 11 is 1.62. The van der Waals surface area contributed by atoms with Gasteiger partial charge in [0.05, 0.1) is 0 Å². The Morgan fingerprint density at radius 1 is 1.17 bits per heavy atom. The summed E-state index contributed by atoms with van der Waals surface area (Å²) in [4.78, 5) is 0. The lowest BCUT2D eigenvalue weighted by Gasteiger charge is -1.97. The highest BCUT2D eigenvalue weighted by atomic mass is 32.1. The van der Waals surface area contributed by atoms with Crippen molar-refractivity contribution >= 4 is 11.3 Å². The highest BCUT2D eigenvalue weighted by Crippen LogP contribution is 2.20. The number of aromatic nitrogens is 2. The largest absolute Gasteiger partial charge is 0.308 e. The van der Waals surface area contributed by atoms with E-state index >= 15 is 0 Å². The highest BCUT2D eigenvalue weighted by molar-refractivity contribution is 7.11. The molecule has 94 valence electrons. The van der Waals surface area contributed by atoms with Gasteiger partial charge in [0.15, 0.2) is 0 Å². The fourth-order valence-electron chi connectivity index (χ4n) is 1.73. The average molecular weight is 263 g/mol. The van der Waals surface area contributed by atoms with Crippen LogP contribution in [0.3, 0.4) is 0 Å². The summed E-state index contributed by atoms with van der Waals surface area (Å²) in [6, 6.07) is 7.23. The van der Waals surface area contributed by atoms with Gasteiger partial charge in [-0.3, -0.25) is 0 Å². The van der Waals surface area contributed by atoms with Crippen LogP contribution >= 0.6 is 11.3 Å². The van der Waals surface area contributed by atoms with Crippen LogP contribution in [0.25, 0.3) is 0 Å². The van der Waals surface area contributed by atoms with E-state index in [4.69, 9.17) is 0 Å². The van der Waals surface area contributed by atoms with E-state index in [1.54, 1.807) is 23.5 Å². The molecule has 1 aliphatic carbocycles. The van der Waals surface area contributed by atoms with Crippen LogP contribution < -0.4 is 5.32 Å². The molecule has 0 radical (unpaired) electrons. The number of nitrogens with zero attached hydrogens (tertiary/aromatic N) is 2. The number of hydrogen-bond acceptors (Lipinski definition) is 4. The lowest BCUT2D eigenvalue weighted by Crippen LogP contribution is -2.14. The summed E-state index contributed by atoms with van der Waals surface area (Å²) in [5.74, 6) is -0.203. The lowest BCUT2D eigenvalue weighted by atomic mass is 10.2. The first kappa shape index (κ1) is 11.7. The first-order valence-electron chi connectivity index (χ1n) is 6.09. The summed E-state index contributed by atoms with van der Waals surface area (Å²) < 4.78 is 12.8. The Hall–Kier alpha value is -1.33. The van der Waals surface area contributed by atoms with Gasteiger partial charge in [0.1, 0.15) is 15.8 Å². The summed E-state index contributed by atoms with van der Waals surface area (Å²) in [7, 11) is 0. The van der Waals surface area contributed by atoms with E-state index < -0.39 is 0 Å². The molecule has 1 aromatic carbocycles. The van der Waals surface area contributed by atoms with Crippen LogP contribution in [-0.4, -0.2) is 16.2 Å². The van der Waals surface area contributed by atoms with Crippen molar-refractivity contribution < 1.29 is 4.39 Å². The van der Waals surface area contributed by atoms with E-state index in [2.05, 4.69) is 15.5 Å². The zero-order valence-electron chi connectivity index (χ0n) is 9.90. The van der Waals surface area contributed by atoms with Crippen molar-refractivity contribution in [2.75, 3.05) is 0 Å². The van der Waals surface area contributed by atoms with Crippen molar-refractivity contribution in [2.24, 2.45) is 0 Å². The zero-order valence-corrected chi connectivity index (χ0v) is 10.7. The molecule has 0 atom stereocenters. The maximum absolute atomic E-state index is 12.8. The Morgan fingerprint density at radius 3 is 2.61 bits per heavy atom. The quantitative estimate of drug-likeness (QED) is 0.900. The smallest absolute Gasteiger partial charge is 0.131 e. The van der Waals surface area contributed by atoms with Gasteiger partial charge in [0.25, 0.3) is 0 Å². The van der Waals surface area contributed by atoms with Crippen molar-refractivity contribution in [3.63, 3.8) is 0 Å². The number of benzene rings is 1. The molecule has 1 aromatic heterocycles. The Labute approximate surface area is 109 Å². The third kappa shape index (κ3) is 3.11. The minimum Gasteiger partial charge on any atom is -0.308 e. The predicted molar refractivity (Wildman–Crippen MR) is 69.0 cm³/mol. The molecule has 0 bridgehead atoms. The third-order valence-electron chi connectivity index (χ3n) is 2.90. The van der Waals surface area contributed by atoms with Gasteiger partial charge in [-0.15, -0.1) is 10.2 Å². The van der Waals surface area contributed by atoms with Gasteiger partial charge < -0.3 is 5.32 Å². The first-order chi connectivity index (χ1) is 8.79. The van der Waals surface area contributed by atoms with Crippen molar-refractivity contribution in [1.29, 1.82) is 0 Å². The van der Waals surface area contributed by atoms with Crippen LogP contribution in [0.2, 0.25) is 0 Å². The van der Waals surface area contributed by atoms with Crippen molar-refractivity contribution in [2.45, 2.75) is 31.8 Å². The predicted octanol–water partition coefficient (Wildman–Crippen LogP) is 2.52. The van der Waals surface area contributed by atoms with Crippen molar-refractivity contribution in [1.82, 2.24) is 15.5 Å². The molecule has 0 aliphatic heterocycles. The van der Waals surface area contributed by atoms with E-state index in [9.17, 15) is 4.39 Å². The van der Waals surface area contributed by atoms with Crippen molar-refractivity contribution in [3.8, 4) is 0 Å². The molecule has 0 amide bonds. The fraction of sp³-hybridized carbons (Fsp3) is 0.385. The van der Waals surface area contributed by atoms with Crippen molar-refractivity contribution in [3.05, 3.63) is 45.7 Å². The van der Waals surface area contributed by atoms with E-state index in [-0.39, 0.29) is 5.82 Å². The maximum atomic E-state index is 12.8. The van der Waals surface area contributed by atoms with E-state index in [0.717, 1.165) is 28.5 Å². The van der Waals surface area contributed by atoms with Crippen LogP contribution in [0.5, 0.6) is 0 Å². The van der Waals surface area contributed by atoms with Gasteiger partial charge in [-0.2, -0.15) is 0 Å². The molecule has 2 aromatic rings. The van der Waals surface area contributed by atoms with Crippen LogP contribution in [-0.2, 0) is 13.0 Å². The molecule has 0 spiro atoms. The topological polar surface area (TPSA) is 37.8 Å². The minimum absolute atomic E-state index is 0.203. The highest BCUT2D eigenvalue weighted by Gasteiger charge is 2.20. The van der Waals surface area contributed by atoms with Gasteiger partial charge in [-0.1, -0.05) is 23.5 Å². The van der Waals surface area contributed by atoms with Crippen LogP contribution in [0.15, 0.2) is 24.3 Å². The molecule has 1 aliphatic rings. The number of hydrogen-bond donors (Lipinski definition) is 1. The Balaban J connectivity index is 1.60. The molecule has 1 N–H and O–H groups in total. The van der Waals surface area contributed by atoms with E-state index in [1.807, 2.05) is 0 Å². The van der Waals surface area contributed by atoms with E-state index in [0.29, 0.717) is 6.04 Å². The van der Waals surface area contributed by atoms with Crippen LogP contribution in [0.1, 0.15) is 28.4 Å². The minimum atomic E-state index is -0.203. The first-order valence-corrected chi connectivity index (χ1v) is 6.90. The Bertz CT molecular complexity index is 519. The van der Waals surface area contributed by atoms with Gasteiger partial charge in [0.2, 0.25) is 0 Å². The molecule has 0 saturated heterocycles. The Kier molecular flexibility index (Phi) is 3.34. The Morgan fingerprint density at radius 2 is 1.89 bits per heavy atom. The number of nitrogens with one attached hydrogen (secondary N) is 1. The van der Waals surface area contributed by atoms with Gasteiger partial charge in [-0.25, -0.2) is 4.39 Å². The molecule has 5 heteroatoms. The molecule has 0 unspecified atom stereocenters. The summed E-state index contributed by atoms with van der Waals surface area (Å²) in [5, 5.41) is 13.8. The molecule has 1 fully saturated rings. The monoisotopic (exact) mass is 263 g/mol. The summed E-state index contributed by atoms with van der Waals surface area (Å²) in [5.41, 5.74) is 1.06. The lowest BCUT2D eigenvalue weighted by molar-refractivity contribution is 0.627. The second-order valence-electron chi connectivity index (χ2n) is 4.55. The van der Waals surface area contributed by atoms with E-state index in [1.165, 1.54) is 25.0 Å². The average Bonchev–Trinajstić information content (AvgIpc) is 3.10. The molecule has 3 nitrogen and oxygen atoms in total. The molecule has 3 rings (SSSR count). The second kappa shape index (κ2) is 5.12. The van der Waals surface area contributed by atoms with Crippen LogP contribution in [0.4, 0.5) is 4.39 Å². The number of halogens is 1. The summed E-state index contributed by atoms with van der Waals surface area (Å²) in [6.45, 7) is 0.811. The number of rotatable bonds is 5. The molecule has 1 saturated carbocycles. The van der Waals surface area contributed by atoms with Gasteiger partial charge in [0, 0.05) is 19.0 Å². The van der Waals surface area contributed by atoms with Crippen LogP contribution in [0, 0.1) is 5.82 Å². The standard InChI is InChI=1S/C13H14FN3S/c14-10-3-1-9(2-4-10)7-12-16-17-13(18-12)8-15-11-5-6-11/h1-4,11,15H,5-8H2. The van der Waals surface area contributed by atoms with Gasteiger partial charge in [-0.05, 0) is 30.5 Å². The maximum Gasteiger partial charge on any atom is 0.131 e. The second-order valence-corrected chi connectivity index (χ2v) is 5.69. The molecular formula is C13H14FN3S.